The molecule has 2 fully saturated rings. The Balaban J connectivity index is 1.55. The molecule has 2 saturated carbocycles. The number of fused-ring (bicyclic) bond motifs is 2. The second-order valence-electron chi connectivity index (χ2n) is 5.67. The standard InChI is InChI=1S/C16H18FNO/c17-14-6-2-11(3-7-14)4-8-16(19)18-15-10-12-1-5-13(15)9-12/h2-4,6-8,12-13,15H,1,5,9-10H2,(H,18,19)/b8-4+/t12-,13-,15-/m0/s1. The van der Waals surface area contributed by atoms with Gasteiger partial charge in [0.2, 0.25) is 5.91 Å². The van der Waals surface area contributed by atoms with Crippen molar-refractivity contribution in [3.05, 3.63) is 41.7 Å². The van der Waals surface area contributed by atoms with Gasteiger partial charge in [0.25, 0.3) is 0 Å². The number of nitrogens with one attached hydrogen (secondary N) is 1. The second kappa shape index (κ2) is 5.16. The number of carbonyl (C=O) groups excluding carboxylic acids is 1. The molecule has 2 nitrogen and oxygen atoms in total. The first-order valence-electron chi connectivity index (χ1n) is 6.95. The minimum absolute atomic E-state index is 0.0399. The van der Waals surface area contributed by atoms with Gasteiger partial charge in [0, 0.05) is 12.1 Å². The molecule has 100 valence electrons. The summed E-state index contributed by atoms with van der Waals surface area (Å²) in [6.07, 6.45) is 8.29. The summed E-state index contributed by atoms with van der Waals surface area (Å²) in [5.41, 5.74) is 0.837. The quantitative estimate of drug-likeness (QED) is 0.830. The van der Waals surface area contributed by atoms with Crippen molar-refractivity contribution in [3.8, 4) is 0 Å². The molecule has 0 spiro atoms. The Morgan fingerprint density at radius 3 is 2.63 bits per heavy atom. The van der Waals surface area contributed by atoms with Crippen molar-refractivity contribution >= 4 is 12.0 Å². The Kier molecular flexibility index (Phi) is 3.36. The molecule has 0 unspecified atom stereocenters. The van der Waals surface area contributed by atoms with Crippen molar-refractivity contribution in [3.63, 3.8) is 0 Å². The Labute approximate surface area is 112 Å². The molecule has 2 aliphatic carbocycles. The van der Waals surface area contributed by atoms with Crippen LogP contribution < -0.4 is 5.32 Å². The fourth-order valence-corrected chi connectivity index (χ4v) is 3.40. The number of hydrogen-bond donors (Lipinski definition) is 1. The maximum absolute atomic E-state index is 12.7. The van der Waals surface area contributed by atoms with Gasteiger partial charge in [0.05, 0.1) is 0 Å². The number of benzene rings is 1. The molecule has 0 aliphatic heterocycles. The molecule has 3 rings (SSSR count). The predicted octanol–water partition coefficient (Wildman–Crippen LogP) is 3.14. The SMILES string of the molecule is O=C(/C=C/c1ccc(F)cc1)N[C@H]1C[C@H]2CC[C@H]1C2. The maximum Gasteiger partial charge on any atom is 0.244 e. The molecule has 2 aliphatic rings. The van der Waals surface area contributed by atoms with E-state index in [1.54, 1.807) is 24.3 Å². The van der Waals surface area contributed by atoms with Crippen LogP contribution in [0.5, 0.6) is 0 Å². The van der Waals surface area contributed by atoms with E-state index in [1.165, 1.54) is 31.4 Å². The highest BCUT2D eigenvalue weighted by molar-refractivity contribution is 5.91. The smallest absolute Gasteiger partial charge is 0.244 e. The lowest BCUT2D eigenvalue weighted by atomic mass is 9.95. The highest BCUT2D eigenvalue weighted by atomic mass is 19.1. The Bertz CT molecular complexity index is 494. The van der Waals surface area contributed by atoms with E-state index in [1.807, 2.05) is 0 Å². The summed E-state index contributed by atoms with van der Waals surface area (Å²) >= 11 is 0. The zero-order valence-electron chi connectivity index (χ0n) is 10.8. The van der Waals surface area contributed by atoms with Crippen molar-refractivity contribution in [2.24, 2.45) is 11.8 Å². The number of carbonyl (C=O) groups is 1. The van der Waals surface area contributed by atoms with E-state index in [0.717, 1.165) is 17.9 Å². The van der Waals surface area contributed by atoms with Crippen LogP contribution in [-0.2, 0) is 4.79 Å². The molecule has 1 amide bonds. The minimum Gasteiger partial charge on any atom is -0.350 e. The van der Waals surface area contributed by atoms with Crippen LogP contribution in [0.2, 0.25) is 0 Å². The van der Waals surface area contributed by atoms with Crippen LogP contribution in [0.4, 0.5) is 4.39 Å². The van der Waals surface area contributed by atoms with Crippen molar-refractivity contribution in [1.82, 2.24) is 5.32 Å². The van der Waals surface area contributed by atoms with Crippen LogP contribution in [0.3, 0.4) is 0 Å². The number of amides is 1. The molecule has 0 saturated heterocycles. The van der Waals surface area contributed by atoms with Gasteiger partial charge >= 0.3 is 0 Å². The lowest BCUT2D eigenvalue weighted by Crippen LogP contribution is -2.37. The molecular weight excluding hydrogens is 241 g/mol. The molecule has 3 heteroatoms. The van der Waals surface area contributed by atoms with Crippen LogP contribution in [0.15, 0.2) is 30.3 Å². The zero-order valence-corrected chi connectivity index (χ0v) is 10.8. The number of hydrogen-bond acceptors (Lipinski definition) is 1. The summed E-state index contributed by atoms with van der Waals surface area (Å²) in [4.78, 5) is 11.8. The fourth-order valence-electron chi connectivity index (χ4n) is 3.40. The lowest BCUT2D eigenvalue weighted by Gasteiger charge is -2.22. The maximum atomic E-state index is 12.7. The van der Waals surface area contributed by atoms with Crippen LogP contribution in [0.1, 0.15) is 31.2 Å². The van der Waals surface area contributed by atoms with Crippen LogP contribution in [0.25, 0.3) is 6.08 Å². The van der Waals surface area contributed by atoms with Crippen molar-refractivity contribution in [2.45, 2.75) is 31.7 Å². The first kappa shape index (κ1) is 12.4. The van der Waals surface area contributed by atoms with Gasteiger partial charge in [-0.15, -0.1) is 0 Å². The van der Waals surface area contributed by atoms with Gasteiger partial charge < -0.3 is 5.32 Å². The molecule has 0 heterocycles. The van der Waals surface area contributed by atoms with E-state index in [0.29, 0.717) is 12.0 Å². The van der Waals surface area contributed by atoms with Gasteiger partial charge in [-0.25, -0.2) is 4.39 Å². The Morgan fingerprint density at radius 1 is 1.21 bits per heavy atom. The average Bonchev–Trinajstić information content (AvgIpc) is 3.00. The third kappa shape index (κ3) is 2.86. The molecule has 3 atom stereocenters. The monoisotopic (exact) mass is 259 g/mol. The van der Waals surface area contributed by atoms with Crippen LogP contribution >= 0.6 is 0 Å². The van der Waals surface area contributed by atoms with Gasteiger partial charge in [-0.1, -0.05) is 18.6 Å². The van der Waals surface area contributed by atoms with E-state index < -0.39 is 0 Å². The molecule has 19 heavy (non-hydrogen) atoms. The average molecular weight is 259 g/mol. The third-order valence-corrected chi connectivity index (χ3v) is 4.36. The summed E-state index contributed by atoms with van der Waals surface area (Å²) in [5, 5.41) is 3.09. The summed E-state index contributed by atoms with van der Waals surface area (Å²) < 4.78 is 12.7. The van der Waals surface area contributed by atoms with E-state index in [2.05, 4.69) is 5.32 Å². The predicted molar refractivity (Wildman–Crippen MR) is 72.8 cm³/mol. The largest absolute Gasteiger partial charge is 0.350 e. The summed E-state index contributed by atoms with van der Waals surface area (Å²) in [6, 6.07) is 6.48. The van der Waals surface area contributed by atoms with Crippen molar-refractivity contribution in [2.75, 3.05) is 0 Å². The third-order valence-electron chi connectivity index (χ3n) is 4.36. The van der Waals surface area contributed by atoms with Gasteiger partial charge in [0.1, 0.15) is 5.82 Å². The second-order valence-corrected chi connectivity index (χ2v) is 5.67. The van der Waals surface area contributed by atoms with Crippen molar-refractivity contribution < 1.29 is 9.18 Å². The fraction of sp³-hybridized carbons (Fsp3) is 0.438. The van der Waals surface area contributed by atoms with E-state index >= 15 is 0 Å². The van der Waals surface area contributed by atoms with Gasteiger partial charge in [-0.05, 0) is 54.9 Å². The first-order chi connectivity index (χ1) is 9.20. The summed E-state index contributed by atoms with van der Waals surface area (Å²) in [5.74, 6) is 1.22. The lowest BCUT2D eigenvalue weighted by molar-refractivity contribution is -0.117. The number of rotatable bonds is 3. The van der Waals surface area contributed by atoms with Crippen molar-refractivity contribution in [1.29, 1.82) is 0 Å². The van der Waals surface area contributed by atoms with E-state index in [-0.39, 0.29) is 11.7 Å². The molecule has 1 N–H and O–H groups in total. The van der Waals surface area contributed by atoms with Crippen LogP contribution in [-0.4, -0.2) is 11.9 Å². The summed E-state index contributed by atoms with van der Waals surface area (Å²) in [7, 11) is 0. The molecular formula is C16H18FNO. The highest BCUT2D eigenvalue weighted by Gasteiger charge is 2.39. The Hall–Kier alpha value is -1.64. The first-order valence-corrected chi connectivity index (χ1v) is 6.95. The van der Waals surface area contributed by atoms with Gasteiger partial charge in [-0.2, -0.15) is 0 Å². The van der Waals surface area contributed by atoms with Gasteiger partial charge in [0.15, 0.2) is 0 Å². The molecule has 1 aromatic carbocycles. The minimum atomic E-state index is -0.261. The molecule has 0 aromatic heterocycles. The normalized spacial score (nSPS) is 29.0. The topological polar surface area (TPSA) is 29.1 Å². The van der Waals surface area contributed by atoms with Crippen LogP contribution in [0, 0.1) is 17.7 Å². The molecule has 0 radical (unpaired) electrons. The molecule has 2 bridgehead atoms. The van der Waals surface area contributed by atoms with E-state index in [4.69, 9.17) is 0 Å². The highest BCUT2D eigenvalue weighted by Crippen LogP contribution is 2.44. The number of halogens is 1. The molecule has 1 aromatic rings. The van der Waals surface area contributed by atoms with Gasteiger partial charge in [-0.3, -0.25) is 4.79 Å². The summed E-state index contributed by atoms with van der Waals surface area (Å²) in [6.45, 7) is 0. The van der Waals surface area contributed by atoms with E-state index in [9.17, 15) is 9.18 Å². The Morgan fingerprint density at radius 2 is 2.00 bits per heavy atom. The zero-order chi connectivity index (χ0) is 13.2.